The van der Waals surface area contributed by atoms with Crippen molar-refractivity contribution in [2.24, 2.45) is 0 Å². The van der Waals surface area contributed by atoms with Crippen LogP contribution in [-0.2, 0) is 28.6 Å². The van der Waals surface area contributed by atoms with Gasteiger partial charge in [-0.15, -0.1) is 0 Å². The minimum absolute atomic E-state index is 0.0809. The molecule has 0 heterocycles. The van der Waals surface area contributed by atoms with Gasteiger partial charge in [-0.2, -0.15) is 0 Å². The zero-order valence-corrected chi connectivity index (χ0v) is 40.4. The Kier molecular flexibility index (Phi) is 47.9. The lowest BCUT2D eigenvalue weighted by Gasteiger charge is -2.18. The molecule has 0 aromatic rings. The van der Waals surface area contributed by atoms with E-state index in [0.29, 0.717) is 19.3 Å². The first-order valence-corrected chi connectivity index (χ1v) is 26.1. The molecule has 1 atom stereocenters. The Morgan fingerprint density at radius 3 is 1.00 bits per heavy atom. The molecule has 0 fully saturated rings. The smallest absolute Gasteiger partial charge is 0.306 e. The van der Waals surface area contributed by atoms with Gasteiger partial charge in [0.05, 0.1) is 0 Å². The minimum Gasteiger partial charge on any atom is -0.462 e. The molecule has 0 saturated carbocycles. The van der Waals surface area contributed by atoms with Gasteiger partial charge in [0, 0.05) is 19.3 Å². The number of allylic oxidation sites excluding steroid dienone is 8. The molecular weight excluding hydrogens is 757 g/mol. The molecule has 0 aliphatic carbocycles. The van der Waals surface area contributed by atoms with Crippen LogP contribution in [0.15, 0.2) is 48.6 Å². The third-order valence-electron chi connectivity index (χ3n) is 11.3. The van der Waals surface area contributed by atoms with E-state index in [-0.39, 0.29) is 31.1 Å². The lowest BCUT2D eigenvalue weighted by molar-refractivity contribution is -0.167. The lowest BCUT2D eigenvalue weighted by Crippen LogP contribution is -2.30. The number of hydrogen-bond donors (Lipinski definition) is 0. The molecule has 0 unspecified atom stereocenters. The summed E-state index contributed by atoms with van der Waals surface area (Å²) in [5, 5.41) is 0. The van der Waals surface area contributed by atoms with Gasteiger partial charge in [0.1, 0.15) is 13.2 Å². The molecule has 0 bridgehead atoms. The molecule has 354 valence electrons. The topological polar surface area (TPSA) is 78.9 Å². The van der Waals surface area contributed by atoms with Crippen molar-refractivity contribution in [3.63, 3.8) is 0 Å². The normalized spacial score (nSPS) is 12.4. The lowest BCUT2D eigenvalue weighted by atomic mass is 10.1. The van der Waals surface area contributed by atoms with Crippen molar-refractivity contribution in [1.29, 1.82) is 0 Å². The highest BCUT2D eigenvalue weighted by molar-refractivity contribution is 5.71. The van der Waals surface area contributed by atoms with Crippen LogP contribution in [0.4, 0.5) is 0 Å². The molecular formula is C55H98O6. The summed E-state index contributed by atoms with van der Waals surface area (Å²) in [5.41, 5.74) is 0. The van der Waals surface area contributed by atoms with Crippen molar-refractivity contribution in [2.45, 2.75) is 271 Å². The van der Waals surface area contributed by atoms with E-state index >= 15 is 0 Å². The maximum atomic E-state index is 12.8. The highest BCUT2D eigenvalue weighted by Crippen LogP contribution is 2.14. The standard InChI is InChI=1S/C55H98O6/c1-4-7-10-13-16-19-22-24-26-27-29-30-33-36-39-42-45-48-54(57)60-51-52(50-59-53(56)47-44-41-38-35-32-21-18-15-12-9-6-3)61-55(58)49-46-43-40-37-34-31-28-25-23-20-17-14-11-8-5-2/h15-16,18-20,23-24,26,52H,4-14,17,21-22,25,27-51H2,1-3H3/b18-15-,19-16-,23-20-,26-24-/t52-/m0/s1. The summed E-state index contributed by atoms with van der Waals surface area (Å²) in [4.78, 5) is 37.9. The Bertz CT molecular complexity index is 1070. The van der Waals surface area contributed by atoms with Crippen LogP contribution < -0.4 is 0 Å². The second kappa shape index (κ2) is 50.0. The average Bonchev–Trinajstić information content (AvgIpc) is 3.26. The molecule has 0 rings (SSSR count). The van der Waals surface area contributed by atoms with E-state index in [0.717, 1.165) is 77.0 Å². The summed E-state index contributed by atoms with van der Waals surface area (Å²) in [6.45, 7) is 6.56. The minimum atomic E-state index is -0.780. The Balaban J connectivity index is 4.37. The number of ether oxygens (including phenoxy) is 3. The summed E-state index contributed by atoms with van der Waals surface area (Å²) in [5.74, 6) is -0.896. The number of rotatable bonds is 47. The average molecular weight is 855 g/mol. The van der Waals surface area contributed by atoms with Crippen LogP contribution in [0.1, 0.15) is 265 Å². The number of hydrogen-bond acceptors (Lipinski definition) is 6. The van der Waals surface area contributed by atoms with Crippen molar-refractivity contribution in [3.05, 3.63) is 48.6 Å². The van der Waals surface area contributed by atoms with Crippen LogP contribution in [0.5, 0.6) is 0 Å². The Hall–Kier alpha value is -2.63. The van der Waals surface area contributed by atoms with Crippen molar-refractivity contribution >= 4 is 17.9 Å². The van der Waals surface area contributed by atoms with Crippen LogP contribution in [0.25, 0.3) is 0 Å². The molecule has 0 saturated heterocycles. The second-order valence-electron chi connectivity index (χ2n) is 17.4. The van der Waals surface area contributed by atoms with Gasteiger partial charge in [0.25, 0.3) is 0 Å². The summed E-state index contributed by atoms with van der Waals surface area (Å²) >= 11 is 0. The molecule has 0 amide bonds. The molecule has 0 aliphatic heterocycles. The van der Waals surface area contributed by atoms with Crippen LogP contribution in [0.3, 0.4) is 0 Å². The third kappa shape index (κ3) is 48.3. The van der Waals surface area contributed by atoms with E-state index < -0.39 is 6.10 Å². The van der Waals surface area contributed by atoms with Crippen molar-refractivity contribution in [2.75, 3.05) is 13.2 Å². The fourth-order valence-electron chi connectivity index (χ4n) is 7.27. The molecule has 61 heavy (non-hydrogen) atoms. The van der Waals surface area contributed by atoms with Gasteiger partial charge in [-0.3, -0.25) is 14.4 Å². The third-order valence-corrected chi connectivity index (χ3v) is 11.3. The van der Waals surface area contributed by atoms with Crippen molar-refractivity contribution in [1.82, 2.24) is 0 Å². The van der Waals surface area contributed by atoms with Crippen LogP contribution in [0, 0.1) is 0 Å². The second-order valence-corrected chi connectivity index (χ2v) is 17.4. The van der Waals surface area contributed by atoms with E-state index in [4.69, 9.17) is 14.2 Å². The quantitative estimate of drug-likeness (QED) is 0.0263. The van der Waals surface area contributed by atoms with Crippen LogP contribution in [-0.4, -0.2) is 37.2 Å². The Morgan fingerprint density at radius 1 is 0.328 bits per heavy atom. The van der Waals surface area contributed by atoms with Crippen LogP contribution >= 0.6 is 0 Å². The maximum absolute atomic E-state index is 12.8. The SMILES string of the molecule is CCCC/C=C\CCCCCCCC(=O)OC[C@@H](COC(=O)CCCCCCCCC/C=C\C/C=C\CCCCC)OC(=O)CCCCCCCCC/C=C\CCCCCC. The monoisotopic (exact) mass is 855 g/mol. The van der Waals surface area contributed by atoms with E-state index in [2.05, 4.69) is 69.4 Å². The number of carbonyl (C=O) groups is 3. The maximum Gasteiger partial charge on any atom is 0.306 e. The number of esters is 3. The predicted molar refractivity (Wildman–Crippen MR) is 261 cm³/mol. The zero-order valence-electron chi connectivity index (χ0n) is 40.4. The Labute approximate surface area is 378 Å². The van der Waals surface area contributed by atoms with E-state index in [1.807, 2.05) is 0 Å². The van der Waals surface area contributed by atoms with Crippen LogP contribution in [0.2, 0.25) is 0 Å². The summed E-state index contributed by atoms with van der Waals surface area (Å²) in [6, 6.07) is 0. The van der Waals surface area contributed by atoms with E-state index in [1.54, 1.807) is 0 Å². The van der Waals surface area contributed by atoms with Crippen molar-refractivity contribution < 1.29 is 28.6 Å². The molecule has 0 N–H and O–H groups in total. The van der Waals surface area contributed by atoms with E-state index in [1.165, 1.54) is 148 Å². The highest BCUT2D eigenvalue weighted by Gasteiger charge is 2.19. The Morgan fingerprint density at radius 2 is 0.607 bits per heavy atom. The summed E-state index contributed by atoms with van der Waals surface area (Å²) in [7, 11) is 0. The first-order valence-electron chi connectivity index (χ1n) is 26.1. The molecule has 0 aromatic heterocycles. The summed E-state index contributed by atoms with van der Waals surface area (Å²) < 4.78 is 16.8. The number of carbonyl (C=O) groups excluding carboxylic acids is 3. The molecule has 6 nitrogen and oxygen atoms in total. The predicted octanol–water partition coefficient (Wildman–Crippen LogP) is 17.1. The van der Waals surface area contributed by atoms with Gasteiger partial charge >= 0.3 is 17.9 Å². The molecule has 0 aromatic carbocycles. The van der Waals surface area contributed by atoms with Crippen molar-refractivity contribution in [3.8, 4) is 0 Å². The van der Waals surface area contributed by atoms with E-state index in [9.17, 15) is 14.4 Å². The number of unbranched alkanes of at least 4 members (excludes halogenated alkanes) is 28. The van der Waals surface area contributed by atoms with Gasteiger partial charge in [-0.1, -0.05) is 198 Å². The zero-order chi connectivity index (χ0) is 44.4. The molecule has 6 heteroatoms. The van der Waals surface area contributed by atoms with Gasteiger partial charge < -0.3 is 14.2 Å². The fraction of sp³-hybridized carbons (Fsp3) is 0.800. The molecule has 0 aliphatic rings. The van der Waals surface area contributed by atoms with Gasteiger partial charge in [0.15, 0.2) is 6.10 Å². The largest absolute Gasteiger partial charge is 0.462 e. The first-order chi connectivity index (χ1) is 30.0. The summed E-state index contributed by atoms with van der Waals surface area (Å²) in [6.07, 6.45) is 59.4. The first kappa shape index (κ1) is 58.4. The molecule has 0 radical (unpaired) electrons. The van der Waals surface area contributed by atoms with Gasteiger partial charge in [-0.05, 0) is 96.3 Å². The fourth-order valence-corrected chi connectivity index (χ4v) is 7.27. The van der Waals surface area contributed by atoms with Gasteiger partial charge in [0.2, 0.25) is 0 Å². The molecule has 0 spiro atoms. The van der Waals surface area contributed by atoms with Gasteiger partial charge in [-0.25, -0.2) is 0 Å². The highest BCUT2D eigenvalue weighted by atomic mass is 16.6.